The molecule has 0 saturated heterocycles. The number of carbonyl (C=O) groups excluding carboxylic acids is 6. The quantitative estimate of drug-likeness (QED) is 0.0152. The number of pyridine rings is 1. The van der Waals surface area contributed by atoms with Crippen LogP contribution in [0.2, 0.25) is 0 Å². The third kappa shape index (κ3) is 36.2. The molecule has 530 valence electrons. The van der Waals surface area contributed by atoms with Gasteiger partial charge in [-0.25, -0.2) is 13.4 Å². The van der Waals surface area contributed by atoms with Gasteiger partial charge in [0.1, 0.15) is 59.5 Å². The number of anilines is 3. The third-order valence-corrected chi connectivity index (χ3v) is 16.4. The molecule has 1 aromatic heterocycles. The van der Waals surface area contributed by atoms with Gasteiger partial charge < -0.3 is 68.6 Å². The van der Waals surface area contributed by atoms with E-state index in [0.29, 0.717) is 114 Å². The van der Waals surface area contributed by atoms with Crippen LogP contribution >= 0.6 is 0 Å². The van der Waals surface area contributed by atoms with Gasteiger partial charge in [0.2, 0.25) is 0 Å². The first-order valence-corrected chi connectivity index (χ1v) is 34.7. The molecule has 0 unspecified atom stereocenters. The average Bonchev–Trinajstić information content (AvgIpc) is 0.799. The smallest absolute Gasteiger partial charge is 0.305 e. The summed E-state index contributed by atoms with van der Waals surface area (Å²) in [7, 11) is -1.54. The van der Waals surface area contributed by atoms with Crippen LogP contribution in [0.1, 0.15) is 165 Å². The van der Waals surface area contributed by atoms with Crippen LogP contribution in [0.4, 0.5) is 28.7 Å². The molecule has 0 radical (unpaired) electrons. The van der Waals surface area contributed by atoms with E-state index in [-0.39, 0.29) is 200 Å². The number of carbonyl (C=O) groups is 6. The number of esters is 6. The van der Waals surface area contributed by atoms with E-state index in [9.17, 15) is 42.4 Å². The van der Waals surface area contributed by atoms with Crippen LogP contribution in [0.5, 0.6) is 11.5 Å². The number of sulfone groups is 1. The highest BCUT2D eigenvalue weighted by Crippen LogP contribution is 2.41. The Balaban J connectivity index is 1.67. The number of aliphatic hydroxyl groups excluding tert-OH is 3. The van der Waals surface area contributed by atoms with Crippen LogP contribution in [-0.4, -0.2) is 188 Å². The first kappa shape index (κ1) is 81.7. The molecule has 3 aromatic rings. The Morgan fingerprint density at radius 1 is 0.526 bits per heavy atom. The lowest BCUT2D eigenvalue weighted by molar-refractivity contribution is -0.146. The molecule has 0 saturated carbocycles. The number of azo groups is 1. The van der Waals surface area contributed by atoms with Crippen molar-refractivity contribution in [3.63, 3.8) is 0 Å². The minimum atomic E-state index is -4.17. The maximum Gasteiger partial charge on any atom is 0.305 e. The van der Waals surface area contributed by atoms with E-state index in [2.05, 4.69) is 26.9 Å². The minimum absolute atomic E-state index is 0.0209. The second kappa shape index (κ2) is 50.8. The third-order valence-electron chi connectivity index (χ3n) is 14.7. The molecule has 0 atom stereocenters. The number of unbranched alkanes of at least 4 members (excludes halogenated alkanes) is 12. The van der Waals surface area contributed by atoms with Gasteiger partial charge in [0, 0.05) is 108 Å². The summed E-state index contributed by atoms with van der Waals surface area (Å²) in [5.41, 5.74) is 1.46. The molecule has 0 spiro atoms. The van der Waals surface area contributed by atoms with Crippen molar-refractivity contribution in [2.24, 2.45) is 10.2 Å². The predicted octanol–water partition coefficient (Wildman–Crippen LogP) is 9.54. The molecule has 27 nitrogen and oxygen atoms in total. The lowest BCUT2D eigenvalue weighted by atomic mass is 10.1. The normalized spacial score (nSPS) is 11.3. The van der Waals surface area contributed by atoms with Crippen LogP contribution < -0.4 is 20.1 Å². The number of ether oxygens (including phenoxy) is 9. The van der Waals surface area contributed by atoms with Gasteiger partial charge in [-0.1, -0.05) is 37.5 Å². The summed E-state index contributed by atoms with van der Waals surface area (Å²) in [5.74, 6) is -2.21. The maximum absolute atomic E-state index is 14.3. The number of aliphatic hydroxyl groups is 3. The van der Waals surface area contributed by atoms with Crippen molar-refractivity contribution in [2.45, 2.75) is 166 Å². The van der Waals surface area contributed by atoms with E-state index >= 15 is 0 Å². The number of rotatable bonds is 56. The van der Waals surface area contributed by atoms with E-state index in [4.69, 9.17) is 62.9 Å². The maximum atomic E-state index is 14.3. The number of aromatic nitrogens is 1. The highest BCUT2D eigenvalue weighted by atomic mass is 32.2. The molecule has 0 fully saturated rings. The number of para-hydroxylation sites is 1. The van der Waals surface area contributed by atoms with Gasteiger partial charge in [0.25, 0.3) is 0 Å². The second-order valence-electron chi connectivity index (χ2n) is 22.2. The van der Waals surface area contributed by atoms with Crippen LogP contribution in [0, 0.1) is 18.3 Å². The van der Waals surface area contributed by atoms with Crippen molar-refractivity contribution in [1.82, 2.24) is 9.88 Å². The van der Waals surface area contributed by atoms with Gasteiger partial charge >= 0.3 is 35.8 Å². The number of nitrogens with zero attached hydrogens (tertiary/aromatic N) is 5. The van der Waals surface area contributed by atoms with Crippen molar-refractivity contribution >= 4 is 74.4 Å². The lowest BCUT2D eigenvalue weighted by Crippen LogP contribution is -2.36. The van der Waals surface area contributed by atoms with Gasteiger partial charge in [-0.05, 0) is 115 Å². The Morgan fingerprint density at radius 2 is 0.968 bits per heavy atom. The molecule has 1 heterocycles. The second-order valence-corrected chi connectivity index (χ2v) is 24.3. The summed E-state index contributed by atoms with van der Waals surface area (Å²) in [6, 6.07) is 13.9. The van der Waals surface area contributed by atoms with Gasteiger partial charge in [0.05, 0.1) is 58.6 Å². The topological polar surface area (TPSA) is 369 Å². The summed E-state index contributed by atoms with van der Waals surface area (Å²) in [6.07, 6.45) is 12.7. The van der Waals surface area contributed by atoms with E-state index in [1.807, 2.05) is 30.3 Å². The molecular formula is C67H101N7O20S. The number of methoxy groups -OCH3 is 2. The van der Waals surface area contributed by atoms with E-state index in [0.717, 1.165) is 19.3 Å². The van der Waals surface area contributed by atoms with Gasteiger partial charge in [-0.15, -0.1) is 10.2 Å². The number of nitrogens with one attached hydrogen (secondary N) is 2. The number of nitriles is 1. The van der Waals surface area contributed by atoms with Crippen LogP contribution in [0.3, 0.4) is 0 Å². The van der Waals surface area contributed by atoms with Crippen molar-refractivity contribution in [3.05, 3.63) is 53.6 Å². The van der Waals surface area contributed by atoms with E-state index in [1.54, 1.807) is 11.8 Å². The summed E-state index contributed by atoms with van der Waals surface area (Å²) >= 11 is 0. The fraction of sp³-hybridized carbons (Fsp3) is 0.642. The Labute approximate surface area is 559 Å². The first-order chi connectivity index (χ1) is 46.1. The van der Waals surface area contributed by atoms with Crippen molar-refractivity contribution in [2.75, 3.05) is 129 Å². The Morgan fingerprint density at radius 3 is 1.41 bits per heavy atom. The molecule has 0 aliphatic carbocycles. The molecular weight excluding hydrogens is 1250 g/mol. The summed E-state index contributed by atoms with van der Waals surface area (Å²) in [5, 5.41) is 52.6. The molecule has 2 aromatic carbocycles. The van der Waals surface area contributed by atoms with Crippen LogP contribution in [-0.2, 0) is 71.8 Å². The van der Waals surface area contributed by atoms with E-state index < -0.39 is 27.5 Å². The standard InChI is InChI=1S/C67H101N7O20S/c1-52-54(51-68)66(69-33-43-88-46-47-94-64(83)32-18-10-24-42-91-61(80)29-15-7-21-39-77)71-67(70-53-25-11-4-12-26-53)65(52)73-72-55-49-57(87-3)58(50-56(55)86-2)95(84,85)48-36-74(34-44-92-62(81)30-16-8-22-40-89-59(78)27-13-5-19-37-75)35-45-93-63(82)31-17-9-23-41-90-60(79)28-14-6-20-38-76/h4,11-12,25-26,49-50,75-77H,5-10,13-24,27-48H2,1-3H3,(H2,69,70,71)/b73-72+. The number of benzene rings is 2. The molecule has 0 amide bonds. The minimum Gasteiger partial charge on any atom is -0.495 e. The van der Waals surface area contributed by atoms with Crippen molar-refractivity contribution in [1.29, 1.82) is 5.26 Å². The molecule has 5 N–H and O–H groups in total. The predicted molar refractivity (Wildman–Crippen MR) is 353 cm³/mol. The highest BCUT2D eigenvalue weighted by Gasteiger charge is 2.26. The van der Waals surface area contributed by atoms with Crippen LogP contribution in [0.15, 0.2) is 57.6 Å². The summed E-state index contributed by atoms with van der Waals surface area (Å²) in [6.45, 7) is 3.21. The zero-order valence-corrected chi connectivity index (χ0v) is 56.6. The average molecular weight is 1360 g/mol. The van der Waals surface area contributed by atoms with Crippen LogP contribution in [0.25, 0.3) is 0 Å². The molecule has 3 rings (SSSR count). The van der Waals surface area contributed by atoms with Gasteiger partial charge in [-0.3, -0.25) is 33.7 Å². The number of hydrogen-bond acceptors (Lipinski definition) is 27. The lowest BCUT2D eigenvalue weighted by Gasteiger charge is -2.22. The summed E-state index contributed by atoms with van der Waals surface area (Å²) < 4.78 is 77.7. The molecule has 0 aliphatic rings. The fourth-order valence-corrected chi connectivity index (χ4v) is 10.7. The number of hydrogen-bond donors (Lipinski definition) is 5. The van der Waals surface area contributed by atoms with Crippen molar-refractivity contribution < 1.29 is 95.1 Å². The zero-order valence-electron chi connectivity index (χ0n) is 55.8. The summed E-state index contributed by atoms with van der Waals surface area (Å²) in [4.78, 5) is 79.7. The molecule has 95 heavy (non-hydrogen) atoms. The monoisotopic (exact) mass is 1360 g/mol. The Kier molecular flexibility index (Phi) is 43.7. The molecule has 0 aliphatic heterocycles. The highest BCUT2D eigenvalue weighted by molar-refractivity contribution is 7.91. The Bertz CT molecular complexity index is 2860. The first-order valence-electron chi connectivity index (χ1n) is 33.1. The van der Waals surface area contributed by atoms with Gasteiger partial charge in [-0.2, -0.15) is 5.26 Å². The fourth-order valence-electron chi connectivity index (χ4n) is 9.24. The largest absolute Gasteiger partial charge is 0.495 e. The van der Waals surface area contributed by atoms with E-state index in [1.165, 1.54) is 26.4 Å². The zero-order chi connectivity index (χ0) is 69.2. The van der Waals surface area contributed by atoms with Crippen molar-refractivity contribution in [3.8, 4) is 17.6 Å². The molecule has 0 bridgehead atoms. The van der Waals surface area contributed by atoms with Gasteiger partial charge in [0.15, 0.2) is 15.7 Å². The Hall–Kier alpha value is -7.55. The SMILES string of the molecule is COc1cc(S(=O)(=O)CCN(CCOC(=O)CCCCCOC(=O)CCCCCO)CCOC(=O)CCCCCOC(=O)CCCCCO)c(OC)cc1/N=N/c1c(Nc2ccccc2)nc(NCCOCCOC(=O)CCCCCOC(=O)CCCCCO)c(C#N)c1C. The molecule has 28 heteroatoms.